The van der Waals surface area contributed by atoms with Crippen LogP contribution in [0.5, 0.6) is 0 Å². The first-order valence-corrected chi connectivity index (χ1v) is 5.15. The fraction of sp³-hybridized carbons (Fsp3) is 0.667. The van der Waals surface area contributed by atoms with Crippen LogP contribution in [0.2, 0.25) is 0 Å². The molecule has 0 radical (unpaired) electrons. The molecule has 0 saturated heterocycles. The number of hydrogen-bond donors (Lipinski definition) is 4. The molecule has 1 aliphatic rings. The minimum absolute atomic E-state index is 0.0759. The molecule has 0 heterocycles. The Balaban J connectivity index is 2.24. The first-order valence-electron chi connectivity index (χ1n) is 5.15. The van der Waals surface area contributed by atoms with Crippen LogP contribution in [-0.4, -0.2) is 42.6 Å². The fourth-order valence-corrected chi connectivity index (χ4v) is 1.40. The van der Waals surface area contributed by atoms with Crippen LogP contribution in [0.15, 0.2) is 5.16 Å². The highest BCUT2D eigenvalue weighted by atomic mass is 16.5. The Hall–Kier alpha value is -1.83. The summed E-state index contributed by atoms with van der Waals surface area (Å²) in [6.45, 7) is 0.245. The van der Waals surface area contributed by atoms with Crippen molar-refractivity contribution < 1.29 is 19.5 Å². The number of primary amides is 1. The molecule has 0 unspecified atom stereocenters. The van der Waals surface area contributed by atoms with E-state index < -0.39 is 11.3 Å². The van der Waals surface area contributed by atoms with Gasteiger partial charge in [0.2, 0.25) is 11.8 Å². The van der Waals surface area contributed by atoms with E-state index in [9.17, 15) is 9.59 Å². The Kier molecular flexibility index (Phi) is 4.27. The zero-order chi connectivity index (χ0) is 12.9. The number of amidine groups is 1. The molecule has 0 atom stereocenters. The summed E-state index contributed by atoms with van der Waals surface area (Å²) in [6.07, 6.45) is 1.13. The molecule has 0 bridgehead atoms. The summed E-state index contributed by atoms with van der Waals surface area (Å²) >= 11 is 0. The van der Waals surface area contributed by atoms with Gasteiger partial charge >= 0.3 is 0 Å². The molecular formula is C9H16N4O4. The quantitative estimate of drug-likeness (QED) is 0.136. The van der Waals surface area contributed by atoms with Gasteiger partial charge in [-0.1, -0.05) is 5.16 Å². The molecule has 0 aliphatic heterocycles. The Morgan fingerprint density at radius 3 is 2.53 bits per heavy atom. The van der Waals surface area contributed by atoms with Crippen molar-refractivity contribution in [3.05, 3.63) is 0 Å². The van der Waals surface area contributed by atoms with Gasteiger partial charge in [-0.25, -0.2) is 0 Å². The van der Waals surface area contributed by atoms with Gasteiger partial charge in [0.05, 0.1) is 6.61 Å². The second-order valence-corrected chi connectivity index (χ2v) is 3.84. The number of hydrogen-bond acceptors (Lipinski definition) is 5. The van der Waals surface area contributed by atoms with E-state index in [0.717, 1.165) is 0 Å². The minimum atomic E-state index is -0.863. The number of oxime groups is 1. The lowest BCUT2D eigenvalue weighted by Crippen LogP contribution is -2.42. The van der Waals surface area contributed by atoms with E-state index in [1.807, 2.05) is 0 Å². The van der Waals surface area contributed by atoms with Gasteiger partial charge in [0.1, 0.15) is 12.0 Å². The third-order valence-electron chi connectivity index (χ3n) is 2.56. The predicted octanol–water partition coefficient (Wildman–Crippen LogP) is -1.87. The Bertz CT molecular complexity index is 338. The van der Waals surface area contributed by atoms with Crippen molar-refractivity contribution in [3.8, 4) is 0 Å². The van der Waals surface area contributed by atoms with Gasteiger partial charge < -0.3 is 26.7 Å². The summed E-state index contributed by atoms with van der Waals surface area (Å²) < 4.78 is 4.87. The van der Waals surface area contributed by atoms with Crippen LogP contribution in [0.25, 0.3) is 0 Å². The second kappa shape index (κ2) is 5.48. The van der Waals surface area contributed by atoms with E-state index in [2.05, 4.69) is 10.5 Å². The molecule has 8 heteroatoms. The summed E-state index contributed by atoms with van der Waals surface area (Å²) in [7, 11) is 0. The number of amides is 2. The second-order valence-electron chi connectivity index (χ2n) is 3.84. The highest BCUT2D eigenvalue weighted by molar-refractivity contribution is 6.09. The number of nitrogens with one attached hydrogen (secondary N) is 1. The SMILES string of the molecule is NC(=O)COCCNC(=O)C1(C(N)=NO)CC1. The van der Waals surface area contributed by atoms with Crippen molar-refractivity contribution in [2.45, 2.75) is 12.8 Å². The first-order chi connectivity index (χ1) is 8.03. The van der Waals surface area contributed by atoms with Gasteiger partial charge in [-0.3, -0.25) is 9.59 Å². The third kappa shape index (κ3) is 3.31. The lowest BCUT2D eigenvalue weighted by atomic mass is 10.1. The summed E-state index contributed by atoms with van der Waals surface area (Å²) in [6, 6.07) is 0. The van der Waals surface area contributed by atoms with E-state index in [1.54, 1.807) is 0 Å². The summed E-state index contributed by atoms with van der Waals surface area (Å²) in [4.78, 5) is 22.0. The molecule has 1 rings (SSSR count). The average molecular weight is 244 g/mol. The van der Waals surface area contributed by atoms with Crippen molar-refractivity contribution in [2.75, 3.05) is 19.8 Å². The molecule has 0 aromatic carbocycles. The number of ether oxygens (including phenoxy) is 1. The van der Waals surface area contributed by atoms with Crippen LogP contribution in [0.1, 0.15) is 12.8 Å². The van der Waals surface area contributed by atoms with E-state index in [4.69, 9.17) is 21.4 Å². The van der Waals surface area contributed by atoms with Gasteiger partial charge in [0.25, 0.3) is 0 Å². The molecular weight excluding hydrogens is 228 g/mol. The van der Waals surface area contributed by atoms with E-state index in [1.165, 1.54) is 0 Å². The first kappa shape index (κ1) is 13.2. The molecule has 8 nitrogen and oxygen atoms in total. The van der Waals surface area contributed by atoms with Crippen LogP contribution in [0, 0.1) is 5.41 Å². The lowest BCUT2D eigenvalue weighted by Gasteiger charge is -2.13. The maximum Gasteiger partial charge on any atom is 0.243 e. The maximum atomic E-state index is 11.7. The average Bonchev–Trinajstić information content (AvgIpc) is 3.08. The monoisotopic (exact) mass is 244 g/mol. The lowest BCUT2D eigenvalue weighted by molar-refractivity contribution is -0.124. The van der Waals surface area contributed by atoms with Crippen LogP contribution >= 0.6 is 0 Å². The third-order valence-corrected chi connectivity index (χ3v) is 2.56. The summed E-state index contributed by atoms with van der Waals surface area (Å²) in [5, 5.41) is 14.0. The van der Waals surface area contributed by atoms with E-state index >= 15 is 0 Å². The number of rotatable bonds is 7. The molecule has 17 heavy (non-hydrogen) atoms. The van der Waals surface area contributed by atoms with Crippen molar-refractivity contribution in [1.82, 2.24) is 5.32 Å². The van der Waals surface area contributed by atoms with Crippen molar-refractivity contribution in [1.29, 1.82) is 0 Å². The predicted molar refractivity (Wildman–Crippen MR) is 58.1 cm³/mol. The van der Waals surface area contributed by atoms with Gasteiger partial charge in [-0.2, -0.15) is 0 Å². The van der Waals surface area contributed by atoms with Crippen LogP contribution in [-0.2, 0) is 14.3 Å². The smallest absolute Gasteiger partial charge is 0.243 e. The minimum Gasteiger partial charge on any atom is -0.409 e. The molecule has 0 spiro atoms. The van der Waals surface area contributed by atoms with Crippen molar-refractivity contribution in [2.24, 2.45) is 22.0 Å². The molecule has 1 aliphatic carbocycles. The van der Waals surface area contributed by atoms with Crippen molar-refractivity contribution >= 4 is 17.6 Å². The number of carbonyl (C=O) groups excluding carboxylic acids is 2. The van der Waals surface area contributed by atoms with Crippen LogP contribution in [0.3, 0.4) is 0 Å². The van der Waals surface area contributed by atoms with E-state index in [-0.39, 0.29) is 31.5 Å². The highest BCUT2D eigenvalue weighted by Gasteiger charge is 2.54. The van der Waals surface area contributed by atoms with Gasteiger partial charge in [0.15, 0.2) is 5.84 Å². The molecule has 0 aromatic heterocycles. The van der Waals surface area contributed by atoms with Gasteiger partial charge in [-0.05, 0) is 12.8 Å². The van der Waals surface area contributed by atoms with Crippen molar-refractivity contribution in [3.63, 3.8) is 0 Å². The van der Waals surface area contributed by atoms with Gasteiger partial charge in [-0.15, -0.1) is 0 Å². The molecule has 0 aromatic rings. The highest BCUT2D eigenvalue weighted by Crippen LogP contribution is 2.45. The van der Waals surface area contributed by atoms with E-state index in [0.29, 0.717) is 12.8 Å². The van der Waals surface area contributed by atoms with Crippen LogP contribution < -0.4 is 16.8 Å². The fourth-order valence-electron chi connectivity index (χ4n) is 1.40. The molecule has 2 amide bonds. The molecule has 96 valence electrons. The number of nitrogens with zero attached hydrogens (tertiary/aromatic N) is 1. The van der Waals surface area contributed by atoms with Gasteiger partial charge in [0, 0.05) is 6.54 Å². The Morgan fingerprint density at radius 2 is 2.06 bits per heavy atom. The molecule has 1 saturated carbocycles. The summed E-state index contributed by atoms with van der Waals surface area (Å²) in [5.74, 6) is -0.935. The largest absolute Gasteiger partial charge is 0.409 e. The summed E-state index contributed by atoms with van der Waals surface area (Å²) in [5.41, 5.74) is 9.43. The Morgan fingerprint density at radius 1 is 1.41 bits per heavy atom. The Labute approximate surface area is 98.0 Å². The molecule has 6 N–H and O–H groups in total. The normalized spacial score (nSPS) is 17.5. The maximum absolute atomic E-state index is 11.7. The zero-order valence-corrected chi connectivity index (χ0v) is 9.31. The number of carbonyl (C=O) groups is 2. The number of nitrogens with two attached hydrogens (primary N) is 2. The topological polar surface area (TPSA) is 140 Å². The molecule has 1 fully saturated rings. The zero-order valence-electron chi connectivity index (χ0n) is 9.31. The standard InChI is InChI=1S/C9H16N4O4/c10-6(14)5-17-4-3-12-8(15)9(1-2-9)7(11)13-16/h16H,1-5H2,(H2,10,14)(H2,11,13)(H,12,15). The van der Waals surface area contributed by atoms with Crippen LogP contribution in [0.4, 0.5) is 0 Å².